The van der Waals surface area contributed by atoms with Crippen LogP contribution in [0, 0.1) is 5.82 Å². The molecule has 0 aliphatic rings. The third-order valence-electron chi connectivity index (χ3n) is 2.86. The van der Waals surface area contributed by atoms with E-state index in [0.29, 0.717) is 0 Å². The number of hydrogen-bond acceptors (Lipinski definition) is 0. The van der Waals surface area contributed by atoms with E-state index in [1.54, 1.807) is 0 Å². The topological polar surface area (TPSA) is 0 Å². The zero-order chi connectivity index (χ0) is 13.8. The molecule has 0 bridgehead atoms. The summed E-state index contributed by atoms with van der Waals surface area (Å²) >= 11 is 10.8. The SMILES string of the molecule is Fc1ccc(C(Br)CC(Br)c2cccc(Br)c2)cc1. The lowest BCUT2D eigenvalue weighted by molar-refractivity contribution is 0.626. The van der Waals surface area contributed by atoms with Crippen molar-refractivity contribution in [2.24, 2.45) is 0 Å². The Kier molecular flexibility index (Phi) is 5.60. The second kappa shape index (κ2) is 7.00. The molecule has 0 N–H and O–H groups in total. The Morgan fingerprint density at radius 1 is 0.895 bits per heavy atom. The second-order valence-corrected chi connectivity index (χ2v) is 7.40. The van der Waals surface area contributed by atoms with Gasteiger partial charge in [0.25, 0.3) is 0 Å². The fraction of sp³-hybridized carbons (Fsp3) is 0.200. The molecule has 2 aromatic rings. The quantitative estimate of drug-likeness (QED) is 0.463. The highest BCUT2D eigenvalue weighted by molar-refractivity contribution is 9.10. The van der Waals surface area contributed by atoms with Crippen LogP contribution in [0.2, 0.25) is 0 Å². The van der Waals surface area contributed by atoms with E-state index in [2.05, 4.69) is 59.9 Å². The molecule has 0 saturated heterocycles. The predicted octanol–water partition coefficient (Wildman–Crippen LogP) is 6.55. The standard InChI is InChI=1S/C15H12Br3F/c16-12-3-1-2-11(8-12)15(18)9-14(17)10-4-6-13(19)7-5-10/h1-8,14-15H,9H2. The number of halogens is 4. The molecule has 2 rings (SSSR count). The van der Waals surface area contributed by atoms with Gasteiger partial charge >= 0.3 is 0 Å². The molecule has 0 aliphatic carbocycles. The van der Waals surface area contributed by atoms with Gasteiger partial charge in [-0.15, -0.1) is 0 Å². The summed E-state index contributed by atoms with van der Waals surface area (Å²) in [6.45, 7) is 0. The molecule has 0 nitrogen and oxygen atoms in total. The first-order valence-electron chi connectivity index (χ1n) is 5.85. The summed E-state index contributed by atoms with van der Waals surface area (Å²) in [6, 6.07) is 14.8. The molecular weight excluding hydrogens is 439 g/mol. The average Bonchev–Trinajstić information content (AvgIpc) is 2.39. The van der Waals surface area contributed by atoms with Crippen LogP contribution in [-0.4, -0.2) is 0 Å². The van der Waals surface area contributed by atoms with Gasteiger partial charge in [0.15, 0.2) is 0 Å². The molecule has 19 heavy (non-hydrogen) atoms. The Labute approximate surface area is 137 Å². The first-order valence-corrected chi connectivity index (χ1v) is 8.48. The van der Waals surface area contributed by atoms with Crippen LogP contribution in [0.5, 0.6) is 0 Å². The maximum absolute atomic E-state index is 12.9. The molecule has 0 fully saturated rings. The lowest BCUT2D eigenvalue weighted by atomic mass is 10.0. The van der Waals surface area contributed by atoms with Crippen LogP contribution in [0.25, 0.3) is 0 Å². The largest absolute Gasteiger partial charge is 0.207 e. The fourth-order valence-corrected chi connectivity index (χ4v) is 4.08. The van der Waals surface area contributed by atoms with Crippen LogP contribution in [0.3, 0.4) is 0 Å². The van der Waals surface area contributed by atoms with Crippen molar-refractivity contribution in [3.05, 3.63) is 69.9 Å². The highest BCUT2D eigenvalue weighted by Gasteiger charge is 2.15. The zero-order valence-electron chi connectivity index (χ0n) is 9.99. The van der Waals surface area contributed by atoms with Gasteiger partial charge in [-0.05, 0) is 41.8 Å². The molecule has 0 amide bonds. The lowest BCUT2D eigenvalue weighted by Crippen LogP contribution is -1.97. The summed E-state index contributed by atoms with van der Waals surface area (Å²) in [7, 11) is 0. The normalized spacial score (nSPS) is 14.1. The molecule has 0 radical (unpaired) electrons. The van der Waals surface area contributed by atoms with Crippen molar-refractivity contribution >= 4 is 47.8 Å². The molecule has 0 saturated carbocycles. The number of alkyl halides is 2. The first kappa shape index (κ1) is 15.2. The minimum atomic E-state index is -0.203. The van der Waals surface area contributed by atoms with E-state index in [1.807, 2.05) is 24.3 Å². The van der Waals surface area contributed by atoms with Gasteiger partial charge in [0.2, 0.25) is 0 Å². The van der Waals surface area contributed by atoms with Crippen LogP contribution in [0.1, 0.15) is 27.2 Å². The number of benzene rings is 2. The van der Waals surface area contributed by atoms with Gasteiger partial charge in [-0.25, -0.2) is 4.39 Å². The average molecular weight is 451 g/mol. The molecule has 0 spiro atoms. The van der Waals surface area contributed by atoms with E-state index in [9.17, 15) is 4.39 Å². The lowest BCUT2D eigenvalue weighted by Gasteiger charge is -2.15. The van der Waals surface area contributed by atoms with Gasteiger partial charge in [-0.2, -0.15) is 0 Å². The monoisotopic (exact) mass is 448 g/mol. The highest BCUT2D eigenvalue weighted by Crippen LogP contribution is 2.38. The Morgan fingerprint density at radius 2 is 1.53 bits per heavy atom. The van der Waals surface area contributed by atoms with E-state index in [0.717, 1.165) is 16.5 Å². The van der Waals surface area contributed by atoms with E-state index in [4.69, 9.17) is 0 Å². The van der Waals surface area contributed by atoms with Crippen molar-refractivity contribution in [1.82, 2.24) is 0 Å². The Bertz CT molecular complexity index is 539. The zero-order valence-corrected chi connectivity index (χ0v) is 14.8. The Balaban J connectivity index is 2.06. The van der Waals surface area contributed by atoms with E-state index < -0.39 is 0 Å². The van der Waals surface area contributed by atoms with Gasteiger partial charge in [-0.3, -0.25) is 0 Å². The van der Waals surface area contributed by atoms with Crippen molar-refractivity contribution < 1.29 is 4.39 Å². The molecule has 2 unspecified atom stereocenters. The van der Waals surface area contributed by atoms with Crippen LogP contribution >= 0.6 is 47.8 Å². The summed E-state index contributed by atoms with van der Waals surface area (Å²) in [6.07, 6.45) is 0.891. The molecular formula is C15H12Br3F. The molecule has 0 heterocycles. The maximum atomic E-state index is 12.9. The fourth-order valence-electron chi connectivity index (χ4n) is 1.83. The summed E-state index contributed by atoms with van der Waals surface area (Å²) in [5.41, 5.74) is 2.31. The molecule has 2 atom stereocenters. The second-order valence-electron chi connectivity index (χ2n) is 4.28. The molecule has 4 heteroatoms. The Morgan fingerprint density at radius 3 is 2.16 bits per heavy atom. The van der Waals surface area contributed by atoms with Crippen molar-refractivity contribution in [3.8, 4) is 0 Å². The van der Waals surface area contributed by atoms with Crippen molar-refractivity contribution in [3.63, 3.8) is 0 Å². The van der Waals surface area contributed by atoms with Gasteiger partial charge in [0, 0.05) is 14.1 Å². The van der Waals surface area contributed by atoms with Gasteiger partial charge in [-0.1, -0.05) is 72.1 Å². The van der Waals surface area contributed by atoms with Crippen LogP contribution in [-0.2, 0) is 0 Å². The minimum Gasteiger partial charge on any atom is -0.207 e. The number of rotatable bonds is 4. The summed E-state index contributed by atoms with van der Waals surface area (Å²) < 4.78 is 14.0. The predicted molar refractivity (Wildman–Crippen MR) is 88.5 cm³/mol. The molecule has 2 aromatic carbocycles. The van der Waals surface area contributed by atoms with E-state index in [-0.39, 0.29) is 15.5 Å². The van der Waals surface area contributed by atoms with E-state index in [1.165, 1.54) is 17.7 Å². The van der Waals surface area contributed by atoms with E-state index >= 15 is 0 Å². The smallest absolute Gasteiger partial charge is 0.123 e. The molecule has 0 aromatic heterocycles. The van der Waals surface area contributed by atoms with Crippen LogP contribution < -0.4 is 0 Å². The van der Waals surface area contributed by atoms with Crippen molar-refractivity contribution in [1.29, 1.82) is 0 Å². The first-order chi connectivity index (χ1) is 9.06. The van der Waals surface area contributed by atoms with Crippen LogP contribution in [0.4, 0.5) is 4.39 Å². The van der Waals surface area contributed by atoms with Crippen molar-refractivity contribution in [2.45, 2.75) is 16.1 Å². The molecule has 100 valence electrons. The summed E-state index contributed by atoms with van der Waals surface area (Å²) in [5.74, 6) is -0.203. The van der Waals surface area contributed by atoms with Gasteiger partial charge in [0.05, 0.1) is 0 Å². The summed E-state index contributed by atoms with van der Waals surface area (Å²) in [4.78, 5) is 0.441. The number of hydrogen-bond donors (Lipinski definition) is 0. The third-order valence-corrected chi connectivity index (χ3v) is 5.15. The van der Waals surface area contributed by atoms with Gasteiger partial charge < -0.3 is 0 Å². The van der Waals surface area contributed by atoms with Crippen molar-refractivity contribution in [2.75, 3.05) is 0 Å². The van der Waals surface area contributed by atoms with Crippen LogP contribution in [0.15, 0.2) is 53.0 Å². The Hall–Kier alpha value is -0.190. The minimum absolute atomic E-state index is 0.191. The third kappa shape index (κ3) is 4.40. The maximum Gasteiger partial charge on any atom is 0.123 e. The summed E-state index contributed by atoms with van der Waals surface area (Å²) in [5, 5.41) is 0. The highest BCUT2D eigenvalue weighted by atomic mass is 79.9. The van der Waals surface area contributed by atoms with Gasteiger partial charge in [0.1, 0.15) is 5.82 Å². The molecule has 0 aliphatic heterocycles.